The van der Waals surface area contributed by atoms with Gasteiger partial charge in [0.25, 0.3) is 0 Å². The predicted octanol–water partition coefficient (Wildman–Crippen LogP) is 3.61. The molecule has 0 amide bonds. The van der Waals surface area contributed by atoms with Crippen molar-refractivity contribution in [3.63, 3.8) is 0 Å². The number of esters is 1. The number of likely N-dealkylation sites (N-methyl/N-ethyl adjacent to an activating group) is 1. The van der Waals surface area contributed by atoms with Crippen LogP contribution in [0.3, 0.4) is 0 Å². The van der Waals surface area contributed by atoms with Crippen LogP contribution < -0.4 is 0 Å². The van der Waals surface area contributed by atoms with Crippen molar-refractivity contribution in [1.82, 2.24) is 9.80 Å². The molecule has 0 aliphatic carbocycles. The van der Waals surface area contributed by atoms with E-state index >= 15 is 0 Å². The number of aliphatic hydroxyl groups excluding tert-OH is 2. The van der Waals surface area contributed by atoms with Crippen LogP contribution in [-0.4, -0.2) is 125 Å². The Kier molecular flexibility index (Phi) is 13.1. The molecule has 4 aliphatic rings. The molecule has 0 unspecified atom stereocenters. The van der Waals surface area contributed by atoms with Gasteiger partial charge < -0.3 is 44.1 Å². The molecular formula is C35H64N2O8. The number of hydrogen-bond acceptors (Lipinski definition) is 10. The summed E-state index contributed by atoms with van der Waals surface area (Å²) in [5.74, 6) is -2.20. The van der Waals surface area contributed by atoms with Gasteiger partial charge in [-0.05, 0) is 99.7 Å². The minimum absolute atomic E-state index is 0.0271. The third-order valence-corrected chi connectivity index (χ3v) is 11.2. The molecule has 3 N–H and O–H groups in total. The molecule has 2 bridgehead atoms. The fraction of sp³-hybridized carbons (Fsp3) is 0.914. The van der Waals surface area contributed by atoms with Crippen LogP contribution in [0.5, 0.6) is 0 Å². The highest BCUT2D eigenvalue weighted by Crippen LogP contribution is 2.41. The van der Waals surface area contributed by atoms with Crippen molar-refractivity contribution in [1.29, 1.82) is 0 Å². The molecule has 14 atom stereocenters. The first-order chi connectivity index (χ1) is 20.8. The Hall–Kier alpha value is -1.11. The normalized spacial score (nSPS) is 46.9. The van der Waals surface area contributed by atoms with E-state index in [1.54, 1.807) is 13.8 Å². The maximum absolute atomic E-state index is 13.7. The van der Waals surface area contributed by atoms with Crippen LogP contribution in [0.1, 0.15) is 87.5 Å². The van der Waals surface area contributed by atoms with E-state index in [0.717, 1.165) is 5.57 Å². The summed E-state index contributed by atoms with van der Waals surface area (Å²) in [7, 11) is 5.94. The van der Waals surface area contributed by atoms with Gasteiger partial charge >= 0.3 is 5.97 Å². The molecule has 4 fully saturated rings. The van der Waals surface area contributed by atoms with Crippen molar-refractivity contribution >= 4 is 5.97 Å². The van der Waals surface area contributed by atoms with Gasteiger partial charge in [-0.2, -0.15) is 0 Å². The molecular weight excluding hydrogens is 576 g/mol. The smallest absolute Gasteiger partial charge is 0.311 e. The monoisotopic (exact) mass is 640 g/mol. The van der Waals surface area contributed by atoms with Gasteiger partial charge in [0.1, 0.15) is 17.8 Å². The first-order valence-corrected chi connectivity index (χ1v) is 17.1. The molecule has 0 aromatic heterocycles. The van der Waals surface area contributed by atoms with E-state index in [-0.39, 0.29) is 36.6 Å². The lowest BCUT2D eigenvalue weighted by Crippen LogP contribution is -2.60. The van der Waals surface area contributed by atoms with Crippen LogP contribution in [0, 0.1) is 23.7 Å². The van der Waals surface area contributed by atoms with E-state index in [1.807, 2.05) is 46.7 Å². The first kappa shape index (κ1) is 38.3. The quantitative estimate of drug-likeness (QED) is 0.311. The minimum Gasteiger partial charge on any atom is -0.459 e. The average Bonchev–Trinajstić information content (AvgIpc) is 2.96. The topological polar surface area (TPSA) is 121 Å². The summed E-state index contributed by atoms with van der Waals surface area (Å²) in [5, 5.41) is 35.4. The molecule has 4 heterocycles. The summed E-state index contributed by atoms with van der Waals surface area (Å²) in [5.41, 5.74) is -1.37. The number of carbonyl (C=O) groups excluding carboxylic acids is 1. The Balaban J connectivity index is 2.18. The van der Waals surface area contributed by atoms with Gasteiger partial charge in [0.2, 0.25) is 0 Å². The van der Waals surface area contributed by atoms with Crippen LogP contribution in [0.15, 0.2) is 12.2 Å². The summed E-state index contributed by atoms with van der Waals surface area (Å²) >= 11 is 0. The third kappa shape index (κ3) is 8.68. The van der Waals surface area contributed by atoms with E-state index in [0.29, 0.717) is 38.6 Å². The molecule has 4 rings (SSSR count). The zero-order valence-corrected chi connectivity index (χ0v) is 29.9. The maximum Gasteiger partial charge on any atom is 0.311 e. The number of fused-ring (bicyclic) bond motifs is 15. The Labute approximate surface area is 272 Å². The second-order valence-corrected chi connectivity index (χ2v) is 15.3. The van der Waals surface area contributed by atoms with Crippen molar-refractivity contribution < 1.29 is 39.1 Å². The van der Waals surface area contributed by atoms with Crippen LogP contribution in [0.4, 0.5) is 0 Å². The lowest BCUT2D eigenvalue weighted by Gasteiger charge is -2.49. The molecule has 0 saturated carbocycles. The fourth-order valence-corrected chi connectivity index (χ4v) is 8.11. The van der Waals surface area contributed by atoms with E-state index in [9.17, 15) is 20.1 Å². The second-order valence-electron chi connectivity index (χ2n) is 15.3. The number of rotatable bonds is 4. The fourth-order valence-electron chi connectivity index (χ4n) is 8.11. The molecule has 45 heavy (non-hydrogen) atoms. The van der Waals surface area contributed by atoms with E-state index in [4.69, 9.17) is 18.9 Å². The van der Waals surface area contributed by atoms with Crippen LogP contribution >= 0.6 is 0 Å². The van der Waals surface area contributed by atoms with Gasteiger partial charge in [0.15, 0.2) is 6.29 Å². The van der Waals surface area contributed by atoms with Crippen LogP contribution in [-0.2, 0) is 23.7 Å². The zero-order chi connectivity index (χ0) is 34.0. The maximum atomic E-state index is 13.7. The minimum atomic E-state index is -1.30. The molecule has 10 heteroatoms. The molecule has 10 nitrogen and oxygen atoms in total. The standard InChI is InChI=1S/C35H64N2O8/c1-13-28-35(9,41)26-15-14-20(2)19-42-34(8,17-22(4)37(12)18-21(26)3)31(24(6)29(38)25(7)32(40)44-28)45-33-30(39)27(36(10)11)16-23(5)43-33/h21-31,33,38-39,41H,2,13-19H2,1,3-12H3/t21-,22+,23+,24-,25+,26+,27-,28+,29-,30+,31+,33-,34+,35-/m0/s1. The number of nitrogens with zero attached hydrogens (tertiary/aromatic N) is 2. The second kappa shape index (κ2) is 15.4. The Morgan fingerprint density at radius 2 is 1.76 bits per heavy atom. The van der Waals surface area contributed by atoms with Crippen molar-refractivity contribution in [3.05, 3.63) is 12.2 Å². The molecule has 0 aromatic rings. The van der Waals surface area contributed by atoms with Crippen LogP contribution in [0.2, 0.25) is 0 Å². The van der Waals surface area contributed by atoms with Gasteiger partial charge in [-0.15, -0.1) is 0 Å². The highest BCUT2D eigenvalue weighted by molar-refractivity contribution is 5.73. The number of ether oxygens (including phenoxy) is 4. The number of hydrogen-bond donors (Lipinski definition) is 3. The SMILES string of the molecule is C=C1CC[C@@H]2[C@@H](C)CN(C)[C@H](C)C[C@@](C)(OC1)[C@H](O[C@@H]1O[C@H](C)C[C@H](N(C)C)[C@H]1O)[C@@H](C)[C@H](O)[C@@H](C)C(=O)O[C@H](CC)[C@@]2(C)O. The molecule has 0 aromatic carbocycles. The summed E-state index contributed by atoms with van der Waals surface area (Å²) in [6, 6.07) is -0.155. The summed E-state index contributed by atoms with van der Waals surface area (Å²) in [6.45, 7) is 20.8. The van der Waals surface area contributed by atoms with Crippen LogP contribution in [0.25, 0.3) is 0 Å². The molecule has 4 aliphatic heterocycles. The lowest BCUT2D eigenvalue weighted by molar-refractivity contribution is -0.303. The highest BCUT2D eigenvalue weighted by atomic mass is 16.7. The highest BCUT2D eigenvalue weighted by Gasteiger charge is 2.51. The van der Waals surface area contributed by atoms with E-state index in [1.165, 1.54) is 0 Å². The van der Waals surface area contributed by atoms with Gasteiger partial charge in [-0.25, -0.2) is 0 Å². The first-order valence-electron chi connectivity index (χ1n) is 17.1. The largest absolute Gasteiger partial charge is 0.459 e. The van der Waals surface area contributed by atoms with Crippen molar-refractivity contribution in [3.8, 4) is 0 Å². The van der Waals surface area contributed by atoms with Gasteiger partial charge in [-0.1, -0.05) is 32.9 Å². The van der Waals surface area contributed by atoms with Gasteiger partial charge in [0, 0.05) is 24.5 Å². The molecule has 0 radical (unpaired) electrons. The van der Waals surface area contributed by atoms with Crippen molar-refractivity contribution in [2.75, 3.05) is 34.3 Å². The molecule has 0 spiro atoms. The predicted molar refractivity (Wildman–Crippen MR) is 175 cm³/mol. The summed E-state index contributed by atoms with van der Waals surface area (Å²) in [4.78, 5) is 17.9. The zero-order valence-electron chi connectivity index (χ0n) is 29.9. The lowest BCUT2D eigenvalue weighted by atomic mass is 9.72. The van der Waals surface area contributed by atoms with Crippen molar-refractivity contribution in [2.24, 2.45) is 23.7 Å². The number of aliphatic hydroxyl groups is 3. The average molecular weight is 641 g/mol. The van der Waals surface area contributed by atoms with Gasteiger partial charge in [0.05, 0.1) is 36.4 Å². The Morgan fingerprint density at radius 3 is 2.36 bits per heavy atom. The summed E-state index contributed by atoms with van der Waals surface area (Å²) < 4.78 is 25.9. The van der Waals surface area contributed by atoms with E-state index in [2.05, 4.69) is 32.4 Å². The van der Waals surface area contributed by atoms with Crippen molar-refractivity contribution in [2.45, 2.75) is 148 Å². The molecule has 262 valence electrons. The van der Waals surface area contributed by atoms with E-state index < -0.39 is 59.7 Å². The third-order valence-electron chi connectivity index (χ3n) is 11.2. The number of carbonyl (C=O) groups is 1. The summed E-state index contributed by atoms with van der Waals surface area (Å²) in [6.07, 6.45) is -1.85. The van der Waals surface area contributed by atoms with Gasteiger partial charge in [-0.3, -0.25) is 4.79 Å². The molecule has 4 saturated heterocycles. The Bertz CT molecular complexity index is 993. The Morgan fingerprint density at radius 1 is 1.11 bits per heavy atom.